The third-order valence-electron chi connectivity index (χ3n) is 4.44. The van der Waals surface area contributed by atoms with Gasteiger partial charge in [-0.05, 0) is 6.92 Å². The summed E-state index contributed by atoms with van der Waals surface area (Å²) in [4.78, 5) is 40.4. The minimum absolute atomic E-state index is 0.275. The van der Waals surface area contributed by atoms with E-state index in [1.807, 2.05) is 0 Å². The molecule has 3 rings (SSSR count). The quantitative estimate of drug-likeness (QED) is 0.0732. The number of aromatic nitrogens is 2. The molecule has 2 aromatic rings. The van der Waals surface area contributed by atoms with E-state index in [1.54, 1.807) is 0 Å². The van der Waals surface area contributed by atoms with E-state index in [0.717, 1.165) is 6.92 Å². The fraction of sp³-hybridized carbons (Fsp3) is 0.286. The number of nitrogens with one attached hydrogen (secondary N) is 1. The van der Waals surface area contributed by atoms with Crippen molar-refractivity contribution in [3.8, 4) is 17.2 Å². The zero-order valence-corrected chi connectivity index (χ0v) is 13.9. The van der Waals surface area contributed by atoms with Crippen LogP contribution in [0.15, 0.2) is 4.79 Å². The van der Waals surface area contributed by atoms with Crippen LogP contribution in [-0.2, 0) is 9.59 Å². The standard InChI is InChI=1S/C14H14N4O10/c1-2-16-5-3(4(15)6(19)8(21)7(5)20)11(23)18(2)9-10(22)17-12(24)14(27,28)13(9,25)26/h9,19-21,25-28H,15H2,1H3,(H,17,22,24). The van der Waals surface area contributed by atoms with E-state index in [4.69, 9.17) is 5.73 Å². The van der Waals surface area contributed by atoms with Crippen molar-refractivity contribution in [2.24, 2.45) is 0 Å². The predicted molar refractivity (Wildman–Crippen MR) is 86.7 cm³/mol. The topological polar surface area (TPSA) is 249 Å². The minimum Gasteiger partial charge on any atom is -0.503 e. The van der Waals surface area contributed by atoms with Crippen LogP contribution < -0.4 is 16.6 Å². The summed E-state index contributed by atoms with van der Waals surface area (Å²) in [5.74, 6) is -14.8. The van der Waals surface area contributed by atoms with Crippen LogP contribution in [0.5, 0.6) is 17.2 Å². The molecule has 14 heteroatoms. The second kappa shape index (κ2) is 5.52. The van der Waals surface area contributed by atoms with Gasteiger partial charge in [0.05, 0.1) is 11.1 Å². The molecule has 0 spiro atoms. The Morgan fingerprint density at radius 3 is 2.18 bits per heavy atom. The Hall–Kier alpha value is -3.46. The molecule has 1 aliphatic rings. The Labute approximate surface area is 153 Å². The highest BCUT2D eigenvalue weighted by Gasteiger charge is 2.65. The molecule has 2 amide bonds. The summed E-state index contributed by atoms with van der Waals surface area (Å²) in [6.45, 7) is 1.07. The van der Waals surface area contributed by atoms with Gasteiger partial charge < -0.3 is 41.5 Å². The molecule has 0 saturated carbocycles. The smallest absolute Gasteiger partial charge is 0.303 e. The van der Waals surface area contributed by atoms with Gasteiger partial charge in [0.25, 0.3) is 23.2 Å². The molecule has 14 nitrogen and oxygen atoms in total. The van der Waals surface area contributed by atoms with Gasteiger partial charge in [0.1, 0.15) is 11.3 Å². The highest BCUT2D eigenvalue weighted by Crippen LogP contribution is 2.45. The Morgan fingerprint density at radius 1 is 1.04 bits per heavy atom. The first kappa shape index (κ1) is 19.3. The SMILES string of the molecule is Cc1nc2c(O)c(O)c(O)c(N)c2c(=O)n1C1C(=O)NC(=O)C(O)(O)C1(O)O. The Morgan fingerprint density at radius 2 is 1.61 bits per heavy atom. The summed E-state index contributed by atoms with van der Waals surface area (Å²) >= 11 is 0. The number of phenolic OH excluding ortho intramolecular Hbond substituents is 3. The van der Waals surface area contributed by atoms with Crippen LogP contribution in [0.1, 0.15) is 11.9 Å². The van der Waals surface area contributed by atoms with Crippen LogP contribution in [0, 0.1) is 6.92 Å². The molecule has 1 aromatic carbocycles. The molecule has 2 heterocycles. The molecule has 28 heavy (non-hydrogen) atoms. The summed E-state index contributed by atoms with van der Waals surface area (Å²) < 4.78 is 0.275. The van der Waals surface area contributed by atoms with E-state index in [0.29, 0.717) is 0 Å². The average Bonchev–Trinajstić information content (AvgIpc) is 2.59. The number of aromatic hydroxyl groups is 3. The molecule has 1 saturated heterocycles. The van der Waals surface area contributed by atoms with Crippen LogP contribution in [0.4, 0.5) is 5.69 Å². The summed E-state index contributed by atoms with van der Waals surface area (Å²) in [6.07, 6.45) is 0. The number of phenols is 3. The highest BCUT2D eigenvalue weighted by atomic mass is 16.6. The summed E-state index contributed by atoms with van der Waals surface area (Å²) in [6, 6.07) is -2.50. The number of hydrogen-bond acceptors (Lipinski definition) is 12. The zero-order valence-electron chi connectivity index (χ0n) is 13.9. The Kier molecular flexibility index (Phi) is 3.81. The van der Waals surface area contributed by atoms with E-state index < -0.39 is 74.7 Å². The third-order valence-corrected chi connectivity index (χ3v) is 4.44. The van der Waals surface area contributed by atoms with Gasteiger partial charge in [-0.25, -0.2) is 4.98 Å². The van der Waals surface area contributed by atoms with Crippen LogP contribution in [0.2, 0.25) is 0 Å². The number of anilines is 1. The van der Waals surface area contributed by atoms with Crippen LogP contribution in [0.25, 0.3) is 10.9 Å². The van der Waals surface area contributed by atoms with Crippen LogP contribution >= 0.6 is 0 Å². The first-order chi connectivity index (χ1) is 12.7. The lowest BCUT2D eigenvalue weighted by Gasteiger charge is -2.42. The molecule has 1 fully saturated rings. The number of amides is 2. The number of imide groups is 1. The van der Waals surface area contributed by atoms with Crippen molar-refractivity contribution in [3.05, 3.63) is 16.2 Å². The van der Waals surface area contributed by atoms with Gasteiger partial charge in [-0.1, -0.05) is 0 Å². The lowest BCUT2D eigenvalue weighted by molar-refractivity contribution is -0.354. The lowest BCUT2D eigenvalue weighted by Crippen LogP contribution is -2.74. The third kappa shape index (κ3) is 2.16. The summed E-state index contributed by atoms with van der Waals surface area (Å²) in [7, 11) is 0. The maximum atomic E-state index is 12.9. The number of carbonyl (C=O) groups excluding carboxylic acids is 2. The molecule has 1 aromatic heterocycles. The number of aliphatic hydroxyl groups is 4. The molecular weight excluding hydrogens is 384 g/mol. The van der Waals surface area contributed by atoms with Crippen LogP contribution in [0.3, 0.4) is 0 Å². The van der Waals surface area contributed by atoms with Gasteiger partial charge in [0.2, 0.25) is 5.75 Å². The van der Waals surface area contributed by atoms with Gasteiger partial charge in [0, 0.05) is 0 Å². The largest absolute Gasteiger partial charge is 0.503 e. The van der Waals surface area contributed by atoms with Gasteiger partial charge >= 0.3 is 5.79 Å². The molecule has 1 aliphatic heterocycles. The molecule has 10 N–H and O–H groups in total. The van der Waals surface area contributed by atoms with Gasteiger partial charge in [-0.15, -0.1) is 0 Å². The predicted octanol–water partition coefficient (Wildman–Crippen LogP) is -4.04. The molecular formula is C14H14N4O10. The number of nitrogen functional groups attached to an aromatic ring is 1. The van der Waals surface area contributed by atoms with Crippen molar-refractivity contribution in [1.29, 1.82) is 0 Å². The maximum Gasteiger partial charge on any atom is 0.303 e. The van der Waals surface area contributed by atoms with E-state index in [9.17, 15) is 50.1 Å². The van der Waals surface area contributed by atoms with Crippen LogP contribution in [-0.4, -0.2) is 68.7 Å². The number of aryl methyl sites for hydroxylation is 1. The van der Waals surface area contributed by atoms with Crippen molar-refractivity contribution in [2.45, 2.75) is 24.5 Å². The molecule has 1 unspecified atom stereocenters. The summed E-state index contributed by atoms with van der Waals surface area (Å²) in [5.41, 5.74) is 2.89. The van der Waals surface area contributed by atoms with Crippen molar-refractivity contribution in [1.82, 2.24) is 14.9 Å². The molecule has 0 radical (unpaired) electrons. The molecule has 0 bridgehead atoms. The van der Waals surface area contributed by atoms with Gasteiger partial charge in [0.15, 0.2) is 17.5 Å². The number of fused-ring (bicyclic) bond motifs is 1. The van der Waals surface area contributed by atoms with Gasteiger partial charge in [-0.2, -0.15) is 0 Å². The number of hydrogen-bond donors (Lipinski definition) is 9. The number of nitrogens with two attached hydrogens (primary N) is 1. The maximum absolute atomic E-state index is 12.9. The number of rotatable bonds is 1. The first-order valence-electron chi connectivity index (χ1n) is 7.45. The zero-order chi connectivity index (χ0) is 21.3. The second-order valence-corrected chi connectivity index (χ2v) is 6.14. The Bertz CT molecular complexity index is 1120. The summed E-state index contributed by atoms with van der Waals surface area (Å²) in [5, 5.41) is 69.7. The van der Waals surface area contributed by atoms with E-state index >= 15 is 0 Å². The monoisotopic (exact) mass is 398 g/mol. The highest BCUT2D eigenvalue weighted by molar-refractivity contribution is 6.05. The number of carbonyl (C=O) groups is 2. The van der Waals surface area contributed by atoms with Crippen molar-refractivity contribution in [2.75, 3.05) is 5.73 Å². The fourth-order valence-electron chi connectivity index (χ4n) is 2.93. The van der Waals surface area contributed by atoms with E-state index in [2.05, 4.69) is 4.98 Å². The first-order valence-corrected chi connectivity index (χ1v) is 7.45. The van der Waals surface area contributed by atoms with Gasteiger partial charge in [-0.3, -0.25) is 24.3 Å². The van der Waals surface area contributed by atoms with Crippen molar-refractivity contribution in [3.63, 3.8) is 0 Å². The minimum atomic E-state index is -3.89. The van der Waals surface area contributed by atoms with Crippen molar-refractivity contribution >= 4 is 28.4 Å². The van der Waals surface area contributed by atoms with E-state index in [1.165, 1.54) is 5.32 Å². The number of nitrogens with zero attached hydrogens (tertiary/aromatic N) is 2. The average molecular weight is 398 g/mol. The molecule has 150 valence electrons. The fourth-order valence-corrected chi connectivity index (χ4v) is 2.93. The van der Waals surface area contributed by atoms with E-state index in [-0.39, 0.29) is 4.57 Å². The van der Waals surface area contributed by atoms with Crippen molar-refractivity contribution < 1.29 is 45.3 Å². The second-order valence-electron chi connectivity index (χ2n) is 6.14. The Balaban J connectivity index is 2.44. The normalized spacial score (nSPS) is 21.0. The number of benzene rings is 1. The lowest BCUT2D eigenvalue weighted by atomic mass is 9.91. The molecule has 1 atom stereocenters. The number of piperidine rings is 1. The molecule has 0 aliphatic carbocycles.